The summed E-state index contributed by atoms with van der Waals surface area (Å²) in [5, 5.41) is 2.98. The van der Waals surface area contributed by atoms with E-state index in [2.05, 4.69) is 27.2 Å². The lowest BCUT2D eigenvalue weighted by Gasteiger charge is -2.42. The van der Waals surface area contributed by atoms with Crippen molar-refractivity contribution in [3.05, 3.63) is 29.8 Å². The Balaban J connectivity index is 1.38. The molecule has 0 spiro atoms. The van der Waals surface area contributed by atoms with Gasteiger partial charge in [0.05, 0.1) is 6.54 Å². The van der Waals surface area contributed by atoms with Gasteiger partial charge in [-0.2, -0.15) is 0 Å². The molecule has 2 atom stereocenters. The number of hydrogen-bond donors (Lipinski definition) is 1. The maximum Gasteiger partial charge on any atom is 0.410 e. The third-order valence-electron chi connectivity index (χ3n) is 5.99. The minimum Gasteiger partial charge on any atom is -0.444 e. The molecule has 3 aliphatic heterocycles. The van der Waals surface area contributed by atoms with Crippen molar-refractivity contribution in [3.63, 3.8) is 0 Å². The number of nitrogens with one attached hydrogen (secondary N) is 1. The molecule has 1 N–H and O–H groups in total. The van der Waals surface area contributed by atoms with Crippen molar-refractivity contribution >= 4 is 17.7 Å². The molecule has 7 heteroatoms. The van der Waals surface area contributed by atoms with Gasteiger partial charge in [0, 0.05) is 50.5 Å². The van der Waals surface area contributed by atoms with Crippen molar-refractivity contribution in [1.82, 2.24) is 15.1 Å². The van der Waals surface area contributed by atoms with Gasteiger partial charge in [0.1, 0.15) is 5.60 Å². The Morgan fingerprint density at radius 2 is 1.83 bits per heavy atom. The van der Waals surface area contributed by atoms with E-state index in [0.717, 1.165) is 50.3 Å². The maximum absolute atomic E-state index is 12.6. The third-order valence-corrected chi connectivity index (χ3v) is 5.99. The van der Waals surface area contributed by atoms with Crippen LogP contribution in [0.5, 0.6) is 0 Å². The molecule has 2 amide bonds. The minimum absolute atomic E-state index is 0.0658. The van der Waals surface area contributed by atoms with E-state index in [0.29, 0.717) is 13.1 Å². The number of piperazine rings is 1. The molecule has 2 fully saturated rings. The molecular formula is C22H32N4O3. The largest absolute Gasteiger partial charge is 0.444 e. The molecule has 0 saturated carbocycles. The van der Waals surface area contributed by atoms with Gasteiger partial charge >= 0.3 is 6.09 Å². The van der Waals surface area contributed by atoms with Gasteiger partial charge in [0.15, 0.2) is 0 Å². The van der Waals surface area contributed by atoms with E-state index in [1.807, 2.05) is 37.8 Å². The summed E-state index contributed by atoms with van der Waals surface area (Å²) in [6, 6.07) is 8.67. The number of para-hydroxylation sites is 1. The van der Waals surface area contributed by atoms with Crippen LogP contribution in [0.3, 0.4) is 0 Å². The standard InChI is InChI=1S/C22H32N4O3/c1-22(2,3)29-21(28)26-17-8-9-18(26)14-24(13-17)10-11-25-15-20(27)23-12-16-6-4-5-7-19(16)25/h4-7,17-18H,8-15H2,1-3H3,(H,23,27). The molecule has 29 heavy (non-hydrogen) atoms. The molecule has 0 aliphatic carbocycles. The van der Waals surface area contributed by atoms with Crippen molar-refractivity contribution in [2.75, 3.05) is 37.6 Å². The first-order chi connectivity index (χ1) is 13.8. The van der Waals surface area contributed by atoms with E-state index >= 15 is 0 Å². The number of carbonyl (C=O) groups is 2. The van der Waals surface area contributed by atoms with Crippen LogP contribution in [-0.2, 0) is 16.1 Å². The number of carbonyl (C=O) groups excluding carboxylic acids is 2. The predicted molar refractivity (Wildman–Crippen MR) is 112 cm³/mol. The van der Waals surface area contributed by atoms with E-state index in [4.69, 9.17) is 4.74 Å². The summed E-state index contributed by atoms with van der Waals surface area (Å²) in [7, 11) is 0. The number of fused-ring (bicyclic) bond motifs is 3. The van der Waals surface area contributed by atoms with Gasteiger partial charge in [-0.3, -0.25) is 14.6 Å². The van der Waals surface area contributed by atoms with Crippen LogP contribution in [0.2, 0.25) is 0 Å². The van der Waals surface area contributed by atoms with Gasteiger partial charge < -0.3 is 15.0 Å². The Morgan fingerprint density at radius 1 is 1.14 bits per heavy atom. The Kier molecular flexibility index (Phi) is 5.42. The van der Waals surface area contributed by atoms with Gasteiger partial charge in [-0.05, 0) is 45.2 Å². The first-order valence-corrected chi connectivity index (χ1v) is 10.6. The molecule has 0 radical (unpaired) electrons. The number of anilines is 1. The fourth-order valence-corrected chi connectivity index (χ4v) is 4.72. The fourth-order valence-electron chi connectivity index (χ4n) is 4.72. The maximum atomic E-state index is 12.6. The molecule has 2 bridgehead atoms. The predicted octanol–water partition coefficient (Wildman–Crippen LogP) is 2.21. The summed E-state index contributed by atoms with van der Waals surface area (Å²) >= 11 is 0. The Bertz CT molecular complexity index is 762. The minimum atomic E-state index is -0.464. The molecule has 3 aliphatic rings. The highest BCUT2D eigenvalue weighted by Crippen LogP contribution is 2.32. The average Bonchev–Trinajstić information content (AvgIpc) is 2.82. The topological polar surface area (TPSA) is 65.1 Å². The summed E-state index contributed by atoms with van der Waals surface area (Å²) in [5.41, 5.74) is 1.84. The molecule has 158 valence electrons. The smallest absolute Gasteiger partial charge is 0.410 e. The molecule has 2 unspecified atom stereocenters. The van der Waals surface area contributed by atoms with E-state index in [1.165, 1.54) is 0 Å². The Morgan fingerprint density at radius 3 is 2.52 bits per heavy atom. The summed E-state index contributed by atoms with van der Waals surface area (Å²) in [6.45, 7) is 10.2. The fraction of sp³-hybridized carbons (Fsp3) is 0.636. The summed E-state index contributed by atoms with van der Waals surface area (Å²) in [5.74, 6) is 0.0658. The van der Waals surface area contributed by atoms with Crippen molar-refractivity contribution in [1.29, 1.82) is 0 Å². The van der Waals surface area contributed by atoms with Crippen molar-refractivity contribution in [2.24, 2.45) is 0 Å². The molecule has 2 saturated heterocycles. The highest BCUT2D eigenvalue weighted by Gasteiger charge is 2.44. The molecular weight excluding hydrogens is 368 g/mol. The summed E-state index contributed by atoms with van der Waals surface area (Å²) in [6.07, 6.45) is 1.90. The highest BCUT2D eigenvalue weighted by atomic mass is 16.6. The molecule has 7 nitrogen and oxygen atoms in total. The number of ether oxygens (including phenoxy) is 1. The zero-order valence-electron chi connectivity index (χ0n) is 17.7. The number of nitrogens with zero attached hydrogens (tertiary/aromatic N) is 3. The van der Waals surface area contributed by atoms with Crippen molar-refractivity contribution < 1.29 is 14.3 Å². The van der Waals surface area contributed by atoms with Crippen LogP contribution in [0.1, 0.15) is 39.2 Å². The monoisotopic (exact) mass is 400 g/mol. The summed E-state index contributed by atoms with van der Waals surface area (Å²) < 4.78 is 5.63. The zero-order valence-corrected chi connectivity index (χ0v) is 17.7. The van der Waals surface area contributed by atoms with Crippen LogP contribution >= 0.6 is 0 Å². The first kappa shape index (κ1) is 20.0. The molecule has 1 aromatic rings. The van der Waals surface area contributed by atoms with Crippen LogP contribution in [0.15, 0.2) is 24.3 Å². The SMILES string of the molecule is CC(C)(C)OC(=O)N1C2CCC1CN(CCN1CC(=O)NCc3ccccc31)C2. The third kappa shape index (κ3) is 4.50. The van der Waals surface area contributed by atoms with Crippen molar-refractivity contribution in [2.45, 2.75) is 57.8 Å². The van der Waals surface area contributed by atoms with Gasteiger partial charge in [-0.15, -0.1) is 0 Å². The molecule has 1 aromatic carbocycles. The van der Waals surface area contributed by atoms with Crippen LogP contribution in [0, 0.1) is 0 Å². The van der Waals surface area contributed by atoms with Gasteiger partial charge in [-0.1, -0.05) is 18.2 Å². The lowest BCUT2D eigenvalue weighted by atomic mass is 10.1. The van der Waals surface area contributed by atoms with Crippen molar-refractivity contribution in [3.8, 4) is 0 Å². The van der Waals surface area contributed by atoms with Gasteiger partial charge in [0.2, 0.25) is 5.91 Å². The van der Waals surface area contributed by atoms with E-state index in [9.17, 15) is 9.59 Å². The Labute approximate surface area is 173 Å². The number of amides is 2. The number of likely N-dealkylation sites (tertiary alicyclic amines) is 1. The van der Waals surface area contributed by atoms with E-state index in [1.54, 1.807) is 0 Å². The van der Waals surface area contributed by atoms with Crippen LogP contribution in [0.25, 0.3) is 0 Å². The molecule has 3 heterocycles. The lowest BCUT2D eigenvalue weighted by Crippen LogP contribution is -2.57. The molecule has 4 rings (SSSR count). The quantitative estimate of drug-likeness (QED) is 0.843. The number of benzene rings is 1. The van der Waals surface area contributed by atoms with Crippen LogP contribution in [0.4, 0.5) is 10.5 Å². The second-order valence-corrected chi connectivity index (χ2v) is 9.36. The average molecular weight is 401 g/mol. The van der Waals surface area contributed by atoms with E-state index < -0.39 is 5.60 Å². The highest BCUT2D eigenvalue weighted by molar-refractivity contribution is 5.83. The van der Waals surface area contributed by atoms with Crippen LogP contribution < -0.4 is 10.2 Å². The second kappa shape index (κ2) is 7.86. The second-order valence-electron chi connectivity index (χ2n) is 9.36. The van der Waals surface area contributed by atoms with E-state index in [-0.39, 0.29) is 24.1 Å². The number of rotatable bonds is 3. The molecule has 0 aromatic heterocycles. The number of hydrogen-bond acceptors (Lipinski definition) is 5. The lowest BCUT2D eigenvalue weighted by molar-refractivity contribution is -0.119. The normalized spacial score (nSPS) is 24.7. The zero-order chi connectivity index (χ0) is 20.6. The van der Waals surface area contributed by atoms with Crippen LogP contribution in [-0.4, -0.2) is 72.2 Å². The van der Waals surface area contributed by atoms with Gasteiger partial charge in [0.25, 0.3) is 0 Å². The first-order valence-electron chi connectivity index (χ1n) is 10.6. The van der Waals surface area contributed by atoms with Gasteiger partial charge in [-0.25, -0.2) is 4.79 Å². The Hall–Kier alpha value is -2.28. The summed E-state index contributed by atoms with van der Waals surface area (Å²) in [4.78, 5) is 31.4.